The molecule has 3 rings (SSSR count). The van der Waals surface area contributed by atoms with Crippen molar-refractivity contribution in [3.8, 4) is 0 Å². The largest absolute Gasteiger partial charge is 0.458 e. The van der Waals surface area contributed by atoms with Crippen molar-refractivity contribution in [2.75, 3.05) is 11.2 Å². The summed E-state index contributed by atoms with van der Waals surface area (Å²) in [5.41, 5.74) is 2.54. The lowest BCUT2D eigenvalue weighted by Gasteiger charge is -2.41. The average Bonchev–Trinajstić information content (AvgIpc) is 3.39. The van der Waals surface area contributed by atoms with E-state index in [1.54, 1.807) is 0 Å². The number of alkyl halides is 1. The van der Waals surface area contributed by atoms with Gasteiger partial charge in [0.05, 0.1) is 4.92 Å². The first-order valence-corrected chi connectivity index (χ1v) is 14.7. The minimum Gasteiger partial charge on any atom is -0.458 e. The highest BCUT2D eigenvalue weighted by Gasteiger charge is 2.57. The number of anilines is 1. The van der Waals surface area contributed by atoms with Gasteiger partial charge in [-0.3, -0.25) is 33.8 Å². The lowest BCUT2D eigenvalue weighted by Crippen LogP contribution is -2.75. The summed E-state index contributed by atoms with van der Waals surface area (Å²) in [5.74, 6) is -6.08. The van der Waals surface area contributed by atoms with E-state index < -0.39 is 74.1 Å². The molecule has 4 amide bonds. The molecule has 1 fully saturated rings. The zero-order chi connectivity index (χ0) is 33.0. The number of nitrogens with two attached hydrogens (primary N) is 1. The SMILES string of the molecule is CC(C)(ON=C(C(=O)NC1C(=O)N(S(=O)(=O)O)C1C(N)=O)c1csc(NC(=O)CCl)n1)C(=O)OCc1ccc([N+](=O)[O-])cc1. The number of ether oxygens (including phenoxy) is 1. The number of nitrogens with one attached hydrogen (secondary N) is 2. The maximum absolute atomic E-state index is 13.2. The molecule has 19 nitrogen and oxygen atoms in total. The number of benzene rings is 1. The molecule has 2 aromatic rings. The number of hydrogen-bond donors (Lipinski definition) is 4. The van der Waals surface area contributed by atoms with Gasteiger partial charge in [-0.2, -0.15) is 12.7 Å². The Morgan fingerprint density at radius 3 is 2.45 bits per heavy atom. The number of β-lactam (4-membered cyclic amide) rings is 1. The number of nitro benzene ring substituents is 1. The van der Waals surface area contributed by atoms with Gasteiger partial charge in [0, 0.05) is 17.5 Å². The number of oxime groups is 1. The molecule has 0 aliphatic carbocycles. The van der Waals surface area contributed by atoms with Gasteiger partial charge in [0.1, 0.15) is 24.2 Å². The van der Waals surface area contributed by atoms with Gasteiger partial charge in [-0.15, -0.1) is 22.9 Å². The number of rotatable bonds is 13. The highest BCUT2D eigenvalue weighted by Crippen LogP contribution is 2.24. The average molecular weight is 676 g/mol. The van der Waals surface area contributed by atoms with E-state index in [1.165, 1.54) is 43.5 Å². The van der Waals surface area contributed by atoms with Crippen LogP contribution in [-0.4, -0.2) is 86.1 Å². The van der Waals surface area contributed by atoms with Crippen molar-refractivity contribution < 1.29 is 51.4 Å². The van der Waals surface area contributed by atoms with Crippen molar-refractivity contribution in [1.82, 2.24) is 14.6 Å². The third-order valence-electron chi connectivity index (χ3n) is 5.58. The van der Waals surface area contributed by atoms with Gasteiger partial charge in [-0.05, 0) is 31.5 Å². The fourth-order valence-corrected chi connectivity index (χ4v) is 5.01. The quantitative estimate of drug-likeness (QED) is 0.0395. The Balaban J connectivity index is 1.84. The Labute approximate surface area is 256 Å². The highest BCUT2D eigenvalue weighted by atomic mass is 35.5. The van der Waals surface area contributed by atoms with Gasteiger partial charge < -0.3 is 25.9 Å². The van der Waals surface area contributed by atoms with Crippen LogP contribution < -0.4 is 16.4 Å². The minimum absolute atomic E-state index is 0.0415. The summed E-state index contributed by atoms with van der Waals surface area (Å²) >= 11 is 6.29. The van der Waals surface area contributed by atoms with Gasteiger partial charge in [0.2, 0.25) is 17.4 Å². The molecule has 1 saturated heterocycles. The molecule has 5 N–H and O–H groups in total. The summed E-state index contributed by atoms with van der Waals surface area (Å²) in [6.45, 7) is 2.14. The number of hydrogen-bond acceptors (Lipinski definition) is 14. The zero-order valence-electron chi connectivity index (χ0n) is 22.5. The Morgan fingerprint density at radius 1 is 1.27 bits per heavy atom. The van der Waals surface area contributed by atoms with E-state index in [2.05, 4.69) is 20.8 Å². The molecule has 0 saturated carbocycles. The van der Waals surface area contributed by atoms with Crippen LogP contribution in [0.25, 0.3) is 0 Å². The number of amides is 4. The second-order valence-corrected chi connectivity index (χ2v) is 11.6. The van der Waals surface area contributed by atoms with E-state index in [1.807, 2.05) is 0 Å². The van der Waals surface area contributed by atoms with E-state index in [0.717, 1.165) is 11.3 Å². The molecule has 2 atom stereocenters. The van der Waals surface area contributed by atoms with Gasteiger partial charge in [-0.25, -0.2) is 9.78 Å². The smallest absolute Gasteiger partial charge is 0.363 e. The maximum Gasteiger partial charge on any atom is 0.363 e. The molecule has 1 aliphatic rings. The van der Waals surface area contributed by atoms with Gasteiger partial charge >= 0.3 is 16.3 Å². The molecule has 1 aromatic heterocycles. The monoisotopic (exact) mass is 675 g/mol. The maximum atomic E-state index is 13.2. The number of nitro groups is 1. The number of non-ortho nitro benzene ring substituents is 1. The second-order valence-electron chi connectivity index (χ2n) is 9.17. The number of carbonyl (C=O) groups excluding carboxylic acids is 5. The van der Waals surface area contributed by atoms with Crippen molar-refractivity contribution in [1.29, 1.82) is 0 Å². The minimum atomic E-state index is -5.20. The standard InChI is InChI=1S/C22H22ClN7O12S2/c1-22(2,20(35)41-8-10-3-5-11(6-4-10)30(36)37)42-28-14(12-9-43-21(25-12)26-13(31)7-23)18(33)27-15-16(17(24)32)29(19(15)34)44(38,39)40/h3-6,9,15-16H,7-8H2,1-2H3,(H2,24,32)(H,27,33)(H,25,26,31)(H,38,39,40). The van der Waals surface area contributed by atoms with Crippen molar-refractivity contribution in [2.45, 2.75) is 38.1 Å². The number of halogens is 1. The van der Waals surface area contributed by atoms with Crippen molar-refractivity contribution >= 4 is 79.4 Å². The number of thiazole rings is 1. The van der Waals surface area contributed by atoms with E-state index in [9.17, 15) is 47.1 Å². The fourth-order valence-electron chi connectivity index (χ4n) is 3.38. The van der Waals surface area contributed by atoms with Gasteiger partial charge in [-0.1, -0.05) is 5.16 Å². The molecule has 1 aromatic carbocycles. The van der Waals surface area contributed by atoms with Crippen LogP contribution in [0.4, 0.5) is 10.8 Å². The van der Waals surface area contributed by atoms with Crippen molar-refractivity contribution in [3.05, 3.63) is 51.0 Å². The molecular weight excluding hydrogens is 654 g/mol. The molecule has 22 heteroatoms. The summed E-state index contributed by atoms with van der Waals surface area (Å²) in [5, 5.41) is 20.1. The zero-order valence-corrected chi connectivity index (χ0v) is 24.8. The number of primary amides is 1. The second kappa shape index (κ2) is 13.3. The normalized spacial score (nSPS) is 16.9. The summed E-state index contributed by atoms with van der Waals surface area (Å²) in [6, 6.07) is 1.33. The van der Waals surface area contributed by atoms with Crippen LogP contribution in [0.3, 0.4) is 0 Å². The lowest BCUT2D eigenvalue weighted by molar-refractivity contribution is -0.384. The highest BCUT2D eigenvalue weighted by molar-refractivity contribution is 7.84. The third kappa shape index (κ3) is 7.80. The summed E-state index contributed by atoms with van der Waals surface area (Å²) in [7, 11) is -5.20. The topological polar surface area (TPSA) is 280 Å². The molecule has 0 bridgehead atoms. The summed E-state index contributed by atoms with van der Waals surface area (Å²) in [4.78, 5) is 81.2. The van der Waals surface area contributed by atoms with Crippen LogP contribution in [0.5, 0.6) is 0 Å². The van der Waals surface area contributed by atoms with Crippen molar-refractivity contribution in [2.24, 2.45) is 10.9 Å². The van der Waals surface area contributed by atoms with Crippen LogP contribution in [0.1, 0.15) is 25.1 Å². The first kappa shape index (κ1) is 33.8. The number of carbonyl (C=O) groups is 5. The molecule has 0 spiro atoms. The Bertz CT molecular complexity index is 1640. The first-order chi connectivity index (χ1) is 20.5. The first-order valence-electron chi connectivity index (χ1n) is 11.9. The molecular formula is C22H22ClN7O12S2. The van der Waals surface area contributed by atoms with Gasteiger partial charge in [0.25, 0.3) is 17.5 Å². The summed E-state index contributed by atoms with van der Waals surface area (Å²) < 4.78 is 37.1. The number of nitrogens with zero attached hydrogens (tertiary/aromatic N) is 4. The van der Waals surface area contributed by atoms with E-state index in [4.69, 9.17) is 26.9 Å². The van der Waals surface area contributed by atoms with Crippen LogP contribution >= 0.6 is 22.9 Å². The number of esters is 1. The third-order valence-corrected chi connectivity index (χ3v) is 7.49. The predicted molar refractivity (Wildman–Crippen MR) is 149 cm³/mol. The lowest BCUT2D eigenvalue weighted by atomic mass is 9.98. The van der Waals surface area contributed by atoms with E-state index >= 15 is 0 Å². The van der Waals surface area contributed by atoms with E-state index in [-0.39, 0.29) is 27.4 Å². The Hall–Kier alpha value is -4.73. The molecule has 236 valence electrons. The van der Waals surface area contributed by atoms with Crippen LogP contribution in [0, 0.1) is 10.1 Å². The predicted octanol–water partition coefficient (Wildman–Crippen LogP) is -0.545. The van der Waals surface area contributed by atoms with E-state index in [0.29, 0.717) is 5.56 Å². The van der Waals surface area contributed by atoms with Gasteiger partial charge in [0.15, 0.2) is 16.9 Å². The Kier molecular flexibility index (Phi) is 10.2. The van der Waals surface area contributed by atoms with Crippen LogP contribution in [0.2, 0.25) is 0 Å². The van der Waals surface area contributed by atoms with Crippen molar-refractivity contribution in [3.63, 3.8) is 0 Å². The molecule has 2 unspecified atom stereocenters. The molecule has 44 heavy (non-hydrogen) atoms. The summed E-state index contributed by atoms with van der Waals surface area (Å²) in [6.07, 6.45) is 0. The Morgan fingerprint density at radius 2 is 1.91 bits per heavy atom. The fraction of sp³-hybridized carbons (Fsp3) is 0.318. The molecule has 0 radical (unpaired) electrons. The van der Waals surface area contributed by atoms with Crippen LogP contribution in [0.15, 0.2) is 34.8 Å². The van der Waals surface area contributed by atoms with Crippen LogP contribution in [-0.2, 0) is 50.5 Å². The molecule has 2 heterocycles. The molecule has 1 aliphatic heterocycles. The number of aromatic nitrogens is 1.